The van der Waals surface area contributed by atoms with E-state index in [1.807, 2.05) is 43.3 Å². The average molecular weight is 619 g/mol. The fourth-order valence-corrected chi connectivity index (χ4v) is 5.78. The number of hydrogen-bond donors (Lipinski definition) is 3. The lowest BCUT2D eigenvalue weighted by Gasteiger charge is -2.28. The van der Waals surface area contributed by atoms with Crippen molar-refractivity contribution in [2.45, 2.75) is 39.2 Å². The van der Waals surface area contributed by atoms with Gasteiger partial charge in [0.15, 0.2) is 11.5 Å². The van der Waals surface area contributed by atoms with Crippen LogP contribution < -0.4 is 29.7 Å². The second-order valence-electron chi connectivity index (χ2n) is 11.1. The van der Waals surface area contributed by atoms with Crippen LogP contribution in [-0.4, -0.2) is 68.9 Å². The molecule has 1 saturated heterocycles. The zero-order valence-electron chi connectivity index (χ0n) is 26.5. The van der Waals surface area contributed by atoms with Gasteiger partial charge in [0.05, 0.1) is 33.4 Å². The van der Waals surface area contributed by atoms with E-state index in [4.69, 9.17) is 14.2 Å². The van der Waals surface area contributed by atoms with Crippen LogP contribution >= 0.6 is 0 Å². The van der Waals surface area contributed by atoms with Gasteiger partial charge in [-0.25, -0.2) is 4.79 Å². The second kappa shape index (κ2) is 15.3. The number of aryl methyl sites for hydroxylation is 1. The molecule has 4 rings (SSSR count). The minimum absolute atomic E-state index is 0.0368. The predicted octanol–water partition coefficient (Wildman–Crippen LogP) is 5.95. The molecule has 3 amide bonds. The number of nitrogens with one attached hydrogen (secondary N) is 2. The molecule has 3 N–H and O–H groups in total. The van der Waals surface area contributed by atoms with Crippen molar-refractivity contribution in [3.63, 3.8) is 0 Å². The largest absolute Gasteiger partial charge is 0.494 e. The third kappa shape index (κ3) is 8.45. The van der Waals surface area contributed by atoms with Gasteiger partial charge in [-0.3, -0.25) is 14.5 Å². The lowest BCUT2D eigenvalue weighted by atomic mass is 10.0. The Balaban J connectivity index is 1.42. The molecule has 11 heteroatoms. The number of benzene rings is 3. The molecule has 2 unspecified atom stereocenters. The van der Waals surface area contributed by atoms with E-state index in [0.29, 0.717) is 47.4 Å². The normalized spacial score (nSPS) is 15.2. The molecule has 0 aromatic heterocycles. The van der Waals surface area contributed by atoms with Crippen LogP contribution in [0.4, 0.5) is 21.9 Å². The number of methoxy groups -OCH3 is 3. The van der Waals surface area contributed by atoms with Crippen molar-refractivity contribution < 1.29 is 33.7 Å². The lowest BCUT2D eigenvalue weighted by Crippen LogP contribution is -2.32. The summed E-state index contributed by atoms with van der Waals surface area (Å²) in [5.74, 6) is 0.861. The summed E-state index contributed by atoms with van der Waals surface area (Å²) in [5, 5.41) is 15.4. The van der Waals surface area contributed by atoms with Crippen molar-refractivity contribution in [2.24, 2.45) is 5.92 Å². The monoisotopic (exact) mass is 618 g/mol. The minimum Gasteiger partial charge on any atom is -0.494 e. The first kappa shape index (κ1) is 33.1. The molecule has 0 aliphatic carbocycles. The van der Waals surface area contributed by atoms with Crippen molar-refractivity contribution in [1.29, 1.82) is 0 Å². The zero-order chi connectivity index (χ0) is 32.5. The van der Waals surface area contributed by atoms with E-state index in [9.17, 15) is 19.5 Å². The number of anilines is 3. The van der Waals surface area contributed by atoms with Crippen LogP contribution in [0.5, 0.6) is 17.2 Å². The van der Waals surface area contributed by atoms with E-state index >= 15 is 0 Å². The summed E-state index contributed by atoms with van der Waals surface area (Å²) in [6.45, 7) is 5.37. The molecule has 1 aliphatic heterocycles. The number of para-hydroxylation sites is 1. The number of carbonyl (C=O) groups excluding carboxylic acids is 2. The third-order valence-corrected chi connectivity index (χ3v) is 8.20. The number of urea groups is 1. The third-order valence-electron chi connectivity index (χ3n) is 8.20. The van der Waals surface area contributed by atoms with Gasteiger partial charge in [-0.15, -0.1) is 0 Å². The molecule has 0 spiro atoms. The number of carboxylic acids is 1. The van der Waals surface area contributed by atoms with Crippen molar-refractivity contribution in [2.75, 3.05) is 56.5 Å². The Labute approximate surface area is 264 Å². The summed E-state index contributed by atoms with van der Waals surface area (Å²) in [5.41, 5.74) is 3.64. The van der Waals surface area contributed by atoms with E-state index in [0.717, 1.165) is 30.5 Å². The highest BCUT2D eigenvalue weighted by molar-refractivity contribution is 6.01. The van der Waals surface area contributed by atoms with Crippen molar-refractivity contribution >= 4 is 35.0 Å². The molecule has 1 fully saturated rings. The minimum atomic E-state index is -0.875. The molecule has 0 radical (unpaired) electrons. The Kier molecular flexibility index (Phi) is 11.3. The number of hydrogen-bond acceptors (Lipinski definition) is 7. The highest BCUT2D eigenvalue weighted by Crippen LogP contribution is 2.37. The first-order chi connectivity index (χ1) is 21.6. The SMILES string of the molecule is COc1cc(N(CCC2CCN(C(CC(=O)O)c3ccc(OC)c(OC)c3)C2)C(C)=O)ccc1NC(=O)Nc1ccccc1C. The Morgan fingerprint density at radius 1 is 0.933 bits per heavy atom. The molecule has 1 heterocycles. The smallest absolute Gasteiger partial charge is 0.323 e. The summed E-state index contributed by atoms with van der Waals surface area (Å²) in [4.78, 5) is 41.1. The highest BCUT2D eigenvalue weighted by atomic mass is 16.5. The lowest BCUT2D eigenvalue weighted by molar-refractivity contribution is -0.138. The Morgan fingerprint density at radius 3 is 2.31 bits per heavy atom. The second-order valence-corrected chi connectivity index (χ2v) is 11.1. The van der Waals surface area contributed by atoms with Gasteiger partial charge in [0.1, 0.15) is 5.75 Å². The van der Waals surface area contributed by atoms with Crippen LogP contribution in [-0.2, 0) is 9.59 Å². The molecule has 1 aliphatic rings. The van der Waals surface area contributed by atoms with E-state index in [2.05, 4.69) is 15.5 Å². The van der Waals surface area contributed by atoms with Crippen LogP contribution in [0.2, 0.25) is 0 Å². The highest BCUT2D eigenvalue weighted by Gasteiger charge is 2.31. The molecule has 11 nitrogen and oxygen atoms in total. The van der Waals surface area contributed by atoms with Gasteiger partial charge in [0.2, 0.25) is 5.91 Å². The molecule has 240 valence electrons. The number of ether oxygens (including phenoxy) is 3. The molecule has 45 heavy (non-hydrogen) atoms. The van der Waals surface area contributed by atoms with E-state index in [1.165, 1.54) is 14.0 Å². The number of carboxylic acid groups (broad SMARTS) is 1. The predicted molar refractivity (Wildman–Crippen MR) is 174 cm³/mol. The fraction of sp³-hybridized carbons (Fsp3) is 0.382. The summed E-state index contributed by atoms with van der Waals surface area (Å²) in [7, 11) is 4.64. The summed E-state index contributed by atoms with van der Waals surface area (Å²) < 4.78 is 16.4. The molecule has 0 bridgehead atoms. The van der Waals surface area contributed by atoms with Crippen molar-refractivity contribution in [1.82, 2.24) is 4.90 Å². The Morgan fingerprint density at radius 2 is 1.64 bits per heavy atom. The molecular weight excluding hydrogens is 576 g/mol. The molecule has 3 aromatic rings. The number of rotatable bonds is 13. The van der Waals surface area contributed by atoms with Crippen molar-refractivity contribution in [3.8, 4) is 17.2 Å². The van der Waals surface area contributed by atoms with Crippen LogP contribution in [0.15, 0.2) is 60.7 Å². The first-order valence-electron chi connectivity index (χ1n) is 14.9. The standard InChI is InChI=1S/C34H42N4O7/c1-22-8-6-7-9-27(22)35-34(42)36-28-12-11-26(19-31(28)44-4)38(23(2)39)17-15-24-14-16-37(21-24)29(20-33(40)41)25-10-13-30(43-3)32(18-25)45-5/h6-13,18-19,24,29H,14-17,20-21H2,1-5H3,(H,40,41)(H2,35,36,42). The molecule has 2 atom stereocenters. The average Bonchev–Trinajstić information content (AvgIpc) is 3.49. The summed E-state index contributed by atoms with van der Waals surface area (Å²) >= 11 is 0. The first-order valence-corrected chi connectivity index (χ1v) is 14.9. The van der Waals surface area contributed by atoms with Crippen molar-refractivity contribution in [3.05, 3.63) is 71.8 Å². The number of carbonyl (C=O) groups is 3. The summed E-state index contributed by atoms with van der Waals surface area (Å²) in [6.07, 6.45) is 1.59. The maximum atomic E-state index is 12.7. The van der Waals surface area contributed by atoms with Gasteiger partial charge < -0.3 is 34.9 Å². The van der Waals surface area contributed by atoms with Gasteiger partial charge in [-0.1, -0.05) is 24.3 Å². The maximum Gasteiger partial charge on any atom is 0.323 e. The topological polar surface area (TPSA) is 130 Å². The number of aliphatic carboxylic acids is 1. The van der Waals surface area contributed by atoms with Crippen LogP contribution in [0.1, 0.15) is 43.4 Å². The van der Waals surface area contributed by atoms with Crippen LogP contribution in [0.3, 0.4) is 0 Å². The van der Waals surface area contributed by atoms with Gasteiger partial charge in [0.25, 0.3) is 0 Å². The summed E-state index contributed by atoms with van der Waals surface area (Å²) in [6, 6.07) is 17.6. The van der Waals surface area contributed by atoms with Crippen LogP contribution in [0, 0.1) is 12.8 Å². The quantitative estimate of drug-likeness (QED) is 0.215. The zero-order valence-corrected chi connectivity index (χ0v) is 26.5. The molecule has 0 saturated carbocycles. The van der Waals surface area contributed by atoms with E-state index in [-0.39, 0.29) is 24.3 Å². The number of likely N-dealkylation sites (tertiary alicyclic amines) is 1. The van der Waals surface area contributed by atoms with Gasteiger partial charge in [0, 0.05) is 43.5 Å². The Hall–Kier alpha value is -4.77. The number of nitrogens with zero attached hydrogens (tertiary/aromatic N) is 2. The van der Waals surface area contributed by atoms with E-state index in [1.54, 1.807) is 43.4 Å². The van der Waals surface area contributed by atoms with Gasteiger partial charge in [-0.05, 0) is 73.7 Å². The van der Waals surface area contributed by atoms with Crippen LogP contribution in [0.25, 0.3) is 0 Å². The molecule has 3 aromatic carbocycles. The fourth-order valence-electron chi connectivity index (χ4n) is 5.78. The number of amides is 3. The van der Waals surface area contributed by atoms with Gasteiger partial charge >= 0.3 is 12.0 Å². The Bertz CT molecular complexity index is 1510. The maximum absolute atomic E-state index is 12.7. The molecular formula is C34H42N4O7. The van der Waals surface area contributed by atoms with Gasteiger partial charge in [-0.2, -0.15) is 0 Å². The van der Waals surface area contributed by atoms with E-state index < -0.39 is 12.0 Å².